The fourth-order valence-corrected chi connectivity index (χ4v) is 1.57. The van der Waals surface area contributed by atoms with Crippen LogP contribution >= 0.6 is 0 Å². The van der Waals surface area contributed by atoms with E-state index < -0.39 is 15.6 Å². The van der Waals surface area contributed by atoms with Crippen LogP contribution in [-0.2, 0) is 29.6 Å². The van der Waals surface area contributed by atoms with E-state index in [1.165, 1.54) is 38.5 Å². The summed E-state index contributed by atoms with van der Waals surface area (Å²) in [5.41, 5.74) is -5.65. The van der Waals surface area contributed by atoms with Crippen LogP contribution in [0.25, 0.3) is 0 Å². The SMILES string of the molecule is O=S(=O)([O-])C(F)(F)F.[C-]1=CCC/C=C\CC1.[C-]1=CCC/C=C\CC1.[Rh+3]. The van der Waals surface area contributed by atoms with Gasteiger partial charge in [-0.3, -0.25) is 12.2 Å². The Bertz CT molecular complexity index is 456. The van der Waals surface area contributed by atoms with Crippen molar-refractivity contribution < 1.29 is 45.6 Å². The monoisotopic (exact) mass is 466 g/mol. The Labute approximate surface area is 161 Å². The van der Waals surface area contributed by atoms with Crippen molar-refractivity contribution in [2.45, 2.75) is 56.9 Å². The van der Waals surface area contributed by atoms with Crippen LogP contribution in [0.4, 0.5) is 13.2 Å². The Kier molecular flexibility index (Phi) is 16.5. The van der Waals surface area contributed by atoms with Gasteiger partial charge in [0.05, 0.1) is 0 Å². The number of alkyl halides is 3. The average Bonchev–Trinajstić information content (AvgIpc) is 2.35. The first-order valence-corrected chi connectivity index (χ1v) is 9.08. The normalized spacial score (nSPS) is 19.8. The second-order valence-electron chi connectivity index (χ2n) is 4.89. The predicted molar refractivity (Wildman–Crippen MR) is 86.6 cm³/mol. The van der Waals surface area contributed by atoms with Crippen molar-refractivity contribution in [1.29, 1.82) is 0 Å². The molecule has 3 nitrogen and oxygen atoms in total. The molecule has 25 heavy (non-hydrogen) atoms. The molecule has 0 unspecified atom stereocenters. The van der Waals surface area contributed by atoms with E-state index in [-0.39, 0.29) is 19.5 Å². The predicted octanol–water partition coefficient (Wildman–Crippen LogP) is 5.00. The molecule has 0 spiro atoms. The number of rotatable bonds is 0. The molecule has 0 N–H and O–H groups in total. The first-order valence-electron chi connectivity index (χ1n) is 7.67. The van der Waals surface area contributed by atoms with Crippen LogP contribution in [0.5, 0.6) is 0 Å². The zero-order valence-electron chi connectivity index (χ0n) is 13.7. The number of hydrogen-bond acceptors (Lipinski definition) is 3. The van der Waals surface area contributed by atoms with Gasteiger partial charge in [-0.15, -0.1) is 0 Å². The summed E-state index contributed by atoms with van der Waals surface area (Å²) in [6.45, 7) is 0. The fraction of sp³-hybridized carbons (Fsp3) is 0.529. The maximum absolute atomic E-state index is 10.7. The van der Waals surface area contributed by atoms with Gasteiger partial charge in [-0.1, -0.05) is 50.0 Å². The van der Waals surface area contributed by atoms with Crippen molar-refractivity contribution in [2.75, 3.05) is 0 Å². The summed E-state index contributed by atoms with van der Waals surface area (Å²) in [7, 11) is -6.09. The van der Waals surface area contributed by atoms with Crippen molar-refractivity contribution in [3.05, 3.63) is 48.6 Å². The number of hydrogen-bond donors (Lipinski definition) is 0. The Morgan fingerprint density at radius 2 is 1.08 bits per heavy atom. The van der Waals surface area contributed by atoms with Gasteiger partial charge in [0.2, 0.25) is 0 Å². The summed E-state index contributed by atoms with van der Waals surface area (Å²) in [5, 5.41) is 0. The third kappa shape index (κ3) is 17.9. The summed E-state index contributed by atoms with van der Waals surface area (Å²) in [6, 6.07) is 0. The van der Waals surface area contributed by atoms with Gasteiger partial charge in [-0.05, 0) is 12.8 Å². The molecular weight excluding hydrogens is 444 g/mol. The van der Waals surface area contributed by atoms with E-state index in [2.05, 4.69) is 48.6 Å². The van der Waals surface area contributed by atoms with Gasteiger partial charge in [0.1, 0.15) is 0 Å². The molecule has 0 aromatic carbocycles. The van der Waals surface area contributed by atoms with Gasteiger partial charge < -0.3 is 16.7 Å². The van der Waals surface area contributed by atoms with E-state index in [4.69, 9.17) is 13.0 Å². The molecule has 144 valence electrons. The zero-order valence-corrected chi connectivity index (χ0v) is 16.2. The Balaban J connectivity index is 0. The molecule has 0 saturated heterocycles. The molecule has 0 aliphatic heterocycles. The second kappa shape index (κ2) is 15.5. The van der Waals surface area contributed by atoms with Crippen LogP contribution in [0, 0.1) is 12.2 Å². The molecule has 2 aliphatic carbocycles. The van der Waals surface area contributed by atoms with Gasteiger partial charge in [0.25, 0.3) is 0 Å². The summed E-state index contributed by atoms with van der Waals surface area (Å²) < 4.78 is 58.9. The van der Waals surface area contributed by atoms with Crippen LogP contribution in [0.3, 0.4) is 0 Å². The van der Waals surface area contributed by atoms with E-state index >= 15 is 0 Å². The summed E-state index contributed by atoms with van der Waals surface area (Å²) >= 11 is 0. The molecule has 0 aromatic rings. The largest absolute Gasteiger partial charge is 3.00 e. The standard InChI is InChI=1S/2C8H11.CHF3O3S.Rh/c2*1-2-4-6-8-7-5-3-1;2-1(3,4)8(5,6)7;/h2*1-2,7H,3-6H2;(H,5,6,7);/q2*-1;;+3/p-1/b2*2-1-;;. The van der Waals surface area contributed by atoms with E-state index in [1.54, 1.807) is 0 Å². The molecule has 2 aliphatic rings. The molecule has 0 radical (unpaired) electrons. The van der Waals surface area contributed by atoms with Crippen molar-refractivity contribution in [1.82, 2.24) is 0 Å². The molecule has 0 amide bonds. The smallest absolute Gasteiger partial charge is 0.741 e. The molecular formula is C17H22F3O3RhS. The van der Waals surface area contributed by atoms with Crippen LogP contribution < -0.4 is 0 Å². The van der Waals surface area contributed by atoms with Crippen LogP contribution in [0.15, 0.2) is 36.5 Å². The number of allylic oxidation sites excluding steroid dienone is 8. The van der Waals surface area contributed by atoms with Gasteiger partial charge in [-0.2, -0.15) is 26.0 Å². The van der Waals surface area contributed by atoms with Gasteiger partial charge in [0.15, 0.2) is 10.1 Å². The first-order chi connectivity index (χ1) is 11.2. The Morgan fingerprint density at radius 3 is 1.40 bits per heavy atom. The van der Waals surface area contributed by atoms with Crippen molar-refractivity contribution in [3.8, 4) is 0 Å². The maximum atomic E-state index is 10.7. The molecule has 0 saturated carbocycles. The van der Waals surface area contributed by atoms with Crippen LogP contribution in [0.2, 0.25) is 0 Å². The third-order valence-electron chi connectivity index (χ3n) is 2.77. The van der Waals surface area contributed by atoms with Crippen LogP contribution in [-0.4, -0.2) is 18.5 Å². The van der Waals surface area contributed by atoms with Gasteiger partial charge in [-0.25, -0.2) is 8.42 Å². The minimum atomic E-state index is -6.09. The fourth-order valence-electron chi connectivity index (χ4n) is 1.57. The minimum absolute atomic E-state index is 0. The van der Waals surface area contributed by atoms with Gasteiger partial charge in [0, 0.05) is 0 Å². The Morgan fingerprint density at radius 1 is 0.760 bits per heavy atom. The molecule has 0 fully saturated rings. The molecule has 8 heteroatoms. The van der Waals surface area contributed by atoms with E-state index in [9.17, 15) is 13.2 Å². The first kappa shape index (κ1) is 26.5. The maximum Gasteiger partial charge on any atom is 3.00 e. The third-order valence-corrected chi connectivity index (χ3v) is 3.34. The number of halogens is 3. The zero-order chi connectivity index (χ0) is 18.3. The topological polar surface area (TPSA) is 57.2 Å². The van der Waals surface area contributed by atoms with E-state index in [1.807, 2.05) is 0 Å². The van der Waals surface area contributed by atoms with E-state index in [0.29, 0.717) is 0 Å². The molecule has 2 rings (SSSR count). The van der Waals surface area contributed by atoms with E-state index in [0.717, 1.165) is 12.8 Å². The minimum Gasteiger partial charge on any atom is -0.741 e. The summed E-state index contributed by atoms with van der Waals surface area (Å²) in [6.07, 6.45) is 29.0. The molecule has 0 bridgehead atoms. The second-order valence-corrected chi connectivity index (χ2v) is 6.26. The summed E-state index contributed by atoms with van der Waals surface area (Å²) in [4.78, 5) is 0. The summed E-state index contributed by atoms with van der Waals surface area (Å²) in [5.74, 6) is 0. The van der Waals surface area contributed by atoms with Gasteiger partial charge >= 0.3 is 25.0 Å². The quantitative estimate of drug-likeness (QED) is 0.166. The van der Waals surface area contributed by atoms with Crippen molar-refractivity contribution in [2.24, 2.45) is 0 Å². The van der Waals surface area contributed by atoms with Crippen molar-refractivity contribution >= 4 is 10.1 Å². The Hall–Kier alpha value is -0.717. The molecule has 0 aromatic heterocycles. The molecule has 0 heterocycles. The molecule has 0 atom stereocenters. The van der Waals surface area contributed by atoms with Crippen molar-refractivity contribution in [3.63, 3.8) is 0 Å². The van der Waals surface area contributed by atoms with Crippen LogP contribution in [0.1, 0.15) is 51.4 Å². The average molecular weight is 466 g/mol.